The van der Waals surface area contributed by atoms with Crippen LogP contribution in [-0.2, 0) is 0 Å². The third-order valence-electron chi connectivity index (χ3n) is 4.88. The predicted molar refractivity (Wildman–Crippen MR) is 77.5 cm³/mol. The summed E-state index contributed by atoms with van der Waals surface area (Å²) in [6.07, 6.45) is 15.8. The molecule has 2 aliphatic rings. The molecular weight excluding hydrogens is 220 g/mol. The van der Waals surface area contributed by atoms with Crippen LogP contribution in [0.3, 0.4) is 0 Å². The molecule has 1 N–H and O–H groups in total. The molecule has 1 saturated heterocycles. The Morgan fingerprint density at radius 1 is 1.22 bits per heavy atom. The van der Waals surface area contributed by atoms with Gasteiger partial charge < -0.3 is 5.32 Å². The monoisotopic (exact) mass is 248 g/mol. The standard InChI is InChI=1S/C16H28N2/c1-3-5-10-15(17-4-2)16(11-6-7-12-16)18-13-8-9-14-18/h1,15,17H,4-14H2,2H3. The number of hydrogen-bond donors (Lipinski definition) is 1. The molecule has 0 spiro atoms. The fourth-order valence-corrected chi connectivity index (χ4v) is 4.07. The zero-order chi connectivity index (χ0) is 12.8. The van der Waals surface area contributed by atoms with Gasteiger partial charge in [0.2, 0.25) is 0 Å². The lowest BCUT2D eigenvalue weighted by atomic mass is 9.83. The van der Waals surface area contributed by atoms with Crippen molar-refractivity contribution >= 4 is 0 Å². The second kappa shape index (κ2) is 6.59. The minimum absolute atomic E-state index is 0.420. The van der Waals surface area contributed by atoms with E-state index in [1.807, 2.05) is 0 Å². The normalized spacial score (nSPS) is 25.1. The topological polar surface area (TPSA) is 15.3 Å². The van der Waals surface area contributed by atoms with Crippen LogP contribution < -0.4 is 5.32 Å². The highest BCUT2D eigenvalue weighted by Crippen LogP contribution is 2.41. The highest BCUT2D eigenvalue weighted by molar-refractivity contribution is 5.05. The molecule has 0 aromatic heterocycles. The largest absolute Gasteiger partial charge is 0.312 e. The first-order valence-corrected chi connectivity index (χ1v) is 7.75. The van der Waals surface area contributed by atoms with E-state index in [1.54, 1.807) is 0 Å². The minimum atomic E-state index is 0.420. The Kier molecular flexibility index (Phi) is 5.09. The van der Waals surface area contributed by atoms with Crippen LogP contribution in [0, 0.1) is 12.3 Å². The van der Waals surface area contributed by atoms with Crippen LogP contribution in [0.2, 0.25) is 0 Å². The van der Waals surface area contributed by atoms with Gasteiger partial charge in [0, 0.05) is 18.0 Å². The predicted octanol–water partition coefficient (Wildman–Crippen LogP) is 2.79. The Balaban J connectivity index is 2.11. The molecule has 2 rings (SSSR count). The van der Waals surface area contributed by atoms with Crippen LogP contribution in [-0.4, -0.2) is 36.1 Å². The van der Waals surface area contributed by atoms with E-state index >= 15 is 0 Å². The third-order valence-corrected chi connectivity index (χ3v) is 4.88. The molecule has 0 aromatic carbocycles. The van der Waals surface area contributed by atoms with E-state index in [2.05, 4.69) is 23.1 Å². The van der Waals surface area contributed by atoms with Gasteiger partial charge >= 0.3 is 0 Å². The highest BCUT2D eigenvalue weighted by atomic mass is 15.2. The number of terminal acetylenes is 1. The Morgan fingerprint density at radius 3 is 2.44 bits per heavy atom. The maximum Gasteiger partial charge on any atom is 0.0362 e. The van der Waals surface area contributed by atoms with Crippen LogP contribution in [0.1, 0.15) is 58.3 Å². The van der Waals surface area contributed by atoms with E-state index < -0.39 is 0 Å². The summed E-state index contributed by atoms with van der Waals surface area (Å²) in [6, 6.07) is 0.596. The van der Waals surface area contributed by atoms with Gasteiger partial charge in [-0.25, -0.2) is 0 Å². The van der Waals surface area contributed by atoms with Crippen LogP contribution in [0.5, 0.6) is 0 Å². The van der Waals surface area contributed by atoms with Crippen molar-refractivity contribution in [2.75, 3.05) is 19.6 Å². The lowest BCUT2D eigenvalue weighted by molar-refractivity contribution is 0.0742. The SMILES string of the molecule is C#CCCC(NCC)C1(N2CCCC2)CCCC1. The third kappa shape index (κ3) is 2.73. The summed E-state index contributed by atoms with van der Waals surface area (Å²) in [6.45, 7) is 5.89. The molecule has 1 heterocycles. The van der Waals surface area contributed by atoms with Gasteiger partial charge in [-0.15, -0.1) is 12.3 Å². The fourth-order valence-electron chi connectivity index (χ4n) is 4.07. The Morgan fingerprint density at radius 2 is 1.89 bits per heavy atom. The average Bonchev–Trinajstić information content (AvgIpc) is 3.04. The first-order chi connectivity index (χ1) is 8.83. The van der Waals surface area contributed by atoms with Gasteiger partial charge in [0.25, 0.3) is 0 Å². The Bertz CT molecular complexity index is 280. The van der Waals surface area contributed by atoms with Gasteiger partial charge in [0.05, 0.1) is 0 Å². The van der Waals surface area contributed by atoms with Gasteiger partial charge in [-0.1, -0.05) is 19.8 Å². The summed E-state index contributed by atoms with van der Waals surface area (Å²) in [5.74, 6) is 2.83. The number of rotatable bonds is 6. The van der Waals surface area contributed by atoms with Crippen molar-refractivity contribution in [3.8, 4) is 12.3 Å². The van der Waals surface area contributed by atoms with Gasteiger partial charge in [0.1, 0.15) is 0 Å². The molecule has 1 saturated carbocycles. The molecule has 2 nitrogen and oxygen atoms in total. The Hall–Kier alpha value is -0.520. The number of nitrogens with one attached hydrogen (secondary N) is 1. The number of likely N-dealkylation sites (N-methyl/N-ethyl adjacent to an activating group) is 1. The van der Waals surface area contributed by atoms with E-state index in [9.17, 15) is 0 Å². The quantitative estimate of drug-likeness (QED) is 0.727. The fraction of sp³-hybridized carbons (Fsp3) is 0.875. The lowest BCUT2D eigenvalue weighted by Crippen LogP contribution is -2.59. The van der Waals surface area contributed by atoms with Gasteiger partial charge in [-0.05, 0) is 51.7 Å². The summed E-state index contributed by atoms with van der Waals surface area (Å²) in [5.41, 5.74) is 0.420. The smallest absolute Gasteiger partial charge is 0.0362 e. The molecule has 1 atom stereocenters. The summed E-state index contributed by atoms with van der Waals surface area (Å²) < 4.78 is 0. The van der Waals surface area contributed by atoms with Crippen LogP contribution in [0.25, 0.3) is 0 Å². The van der Waals surface area contributed by atoms with Crippen molar-refractivity contribution in [3.05, 3.63) is 0 Å². The van der Waals surface area contributed by atoms with E-state index in [4.69, 9.17) is 6.42 Å². The number of likely N-dealkylation sites (tertiary alicyclic amines) is 1. The molecule has 2 fully saturated rings. The van der Waals surface area contributed by atoms with Crippen molar-refractivity contribution in [2.45, 2.75) is 69.9 Å². The van der Waals surface area contributed by atoms with Crippen LogP contribution >= 0.6 is 0 Å². The van der Waals surface area contributed by atoms with E-state index in [0.717, 1.165) is 19.4 Å². The van der Waals surface area contributed by atoms with E-state index in [-0.39, 0.29) is 0 Å². The summed E-state index contributed by atoms with van der Waals surface area (Å²) in [4.78, 5) is 2.78. The maximum atomic E-state index is 5.48. The Labute approximate surface area is 113 Å². The molecular formula is C16H28N2. The van der Waals surface area contributed by atoms with Crippen LogP contribution in [0.15, 0.2) is 0 Å². The summed E-state index contributed by atoms with van der Waals surface area (Å²) >= 11 is 0. The molecule has 18 heavy (non-hydrogen) atoms. The second-order valence-electron chi connectivity index (χ2n) is 5.86. The zero-order valence-electron chi connectivity index (χ0n) is 11.9. The van der Waals surface area contributed by atoms with Gasteiger partial charge in [0.15, 0.2) is 0 Å². The molecule has 1 aliphatic carbocycles. The van der Waals surface area contributed by atoms with Crippen molar-refractivity contribution < 1.29 is 0 Å². The molecule has 0 aromatic rings. The first-order valence-electron chi connectivity index (χ1n) is 7.75. The summed E-state index contributed by atoms with van der Waals surface area (Å²) in [7, 11) is 0. The molecule has 102 valence electrons. The van der Waals surface area contributed by atoms with Gasteiger partial charge in [-0.3, -0.25) is 4.90 Å². The van der Waals surface area contributed by atoms with Gasteiger partial charge in [-0.2, -0.15) is 0 Å². The maximum absolute atomic E-state index is 5.48. The molecule has 0 radical (unpaired) electrons. The molecule has 1 unspecified atom stereocenters. The lowest BCUT2D eigenvalue weighted by Gasteiger charge is -2.45. The van der Waals surface area contributed by atoms with Crippen molar-refractivity contribution in [3.63, 3.8) is 0 Å². The second-order valence-corrected chi connectivity index (χ2v) is 5.86. The van der Waals surface area contributed by atoms with E-state index in [0.29, 0.717) is 11.6 Å². The summed E-state index contributed by atoms with van der Waals surface area (Å²) in [5, 5.41) is 3.74. The minimum Gasteiger partial charge on any atom is -0.312 e. The van der Waals surface area contributed by atoms with Crippen molar-refractivity contribution in [2.24, 2.45) is 0 Å². The van der Waals surface area contributed by atoms with Crippen molar-refractivity contribution in [1.82, 2.24) is 10.2 Å². The van der Waals surface area contributed by atoms with E-state index in [1.165, 1.54) is 51.6 Å². The molecule has 0 amide bonds. The van der Waals surface area contributed by atoms with Crippen molar-refractivity contribution in [1.29, 1.82) is 0 Å². The number of hydrogen-bond acceptors (Lipinski definition) is 2. The van der Waals surface area contributed by atoms with Crippen LogP contribution in [0.4, 0.5) is 0 Å². The zero-order valence-corrected chi connectivity index (χ0v) is 11.9. The molecule has 2 heteroatoms. The first kappa shape index (κ1) is 13.9. The molecule has 0 bridgehead atoms. The highest BCUT2D eigenvalue weighted by Gasteiger charge is 2.45. The molecule has 1 aliphatic heterocycles. The number of nitrogens with zero attached hydrogens (tertiary/aromatic N) is 1. The average molecular weight is 248 g/mol.